The topological polar surface area (TPSA) is 186 Å². The highest BCUT2D eigenvalue weighted by atomic mass is 16.6. The van der Waals surface area contributed by atoms with Gasteiger partial charge in [0.05, 0.1) is 6.33 Å². The summed E-state index contributed by atoms with van der Waals surface area (Å²) in [5, 5.41) is 12.0. The number of aromatic nitrogens is 4. The second-order valence-corrected chi connectivity index (χ2v) is 10.9. The highest BCUT2D eigenvalue weighted by Gasteiger charge is 2.35. The zero-order valence-corrected chi connectivity index (χ0v) is 23.0. The predicted molar refractivity (Wildman–Crippen MR) is 143 cm³/mol. The highest BCUT2D eigenvalue weighted by Crippen LogP contribution is 2.19. The van der Waals surface area contributed by atoms with Gasteiger partial charge in [0.2, 0.25) is 11.9 Å². The van der Waals surface area contributed by atoms with Crippen LogP contribution in [0.5, 0.6) is 0 Å². The molecule has 3 rings (SSSR count). The van der Waals surface area contributed by atoms with E-state index in [9.17, 15) is 29.1 Å². The van der Waals surface area contributed by atoms with E-state index in [0.29, 0.717) is 10.5 Å². The standard InChI is InChI=1S/C26H32N6O8/c1-25(2,3)39-23(37)32(24(38)40-26(4,5)6)22-29-19-18(20(34)30-22)27-14-31(19)13-17(33)28-16(21(35)36)12-15-10-8-7-9-11-15/h7-11,14,16H,12-13H2,1-6H3,(H,28,33)(H,35,36)(H,29,30,34). The third-order valence-corrected chi connectivity index (χ3v) is 5.06. The van der Waals surface area contributed by atoms with E-state index in [1.807, 2.05) is 0 Å². The number of fused-ring (bicyclic) bond motifs is 1. The van der Waals surface area contributed by atoms with E-state index in [4.69, 9.17) is 9.47 Å². The lowest BCUT2D eigenvalue weighted by Crippen LogP contribution is -2.45. The Morgan fingerprint density at radius 2 is 1.60 bits per heavy atom. The third kappa shape index (κ3) is 7.88. The number of hydrogen-bond donors (Lipinski definition) is 3. The number of amides is 3. The lowest BCUT2D eigenvalue weighted by Gasteiger charge is -2.27. The van der Waals surface area contributed by atoms with E-state index in [1.54, 1.807) is 71.9 Å². The monoisotopic (exact) mass is 556 g/mol. The Labute approximate surface area is 229 Å². The SMILES string of the molecule is CC(C)(C)OC(=O)N(C(=O)OC(C)(C)C)c1nc2c(ncn2CC(=O)NC(Cc2ccccc2)C(=O)O)c(=O)[nH]1. The van der Waals surface area contributed by atoms with Gasteiger partial charge in [0, 0.05) is 6.42 Å². The molecule has 3 amide bonds. The molecule has 0 aliphatic heterocycles. The van der Waals surface area contributed by atoms with Crippen LogP contribution in [0.1, 0.15) is 47.1 Å². The van der Waals surface area contributed by atoms with Crippen LogP contribution < -0.4 is 15.8 Å². The van der Waals surface area contributed by atoms with Crippen molar-refractivity contribution in [2.45, 2.75) is 71.8 Å². The number of carboxylic acid groups (broad SMARTS) is 1. The molecule has 0 radical (unpaired) electrons. The summed E-state index contributed by atoms with van der Waals surface area (Å²) in [5.74, 6) is -2.44. The second-order valence-electron chi connectivity index (χ2n) is 10.9. The van der Waals surface area contributed by atoms with Crippen molar-refractivity contribution in [1.29, 1.82) is 0 Å². The number of benzene rings is 1. The molecule has 1 atom stereocenters. The molecule has 3 aromatic rings. The van der Waals surface area contributed by atoms with Gasteiger partial charge in [-0.1, -0.05) is 30.3 Å². The first-order chi connectivity index (χ1) is 18.5. The highest BCUT2D eigenvalue weighted by molar-refractivity contribution is 6.08. The van der Waals surface area contributed by atoms with Gasteiger partial charge in [-0.3, -0.25) is 14.6 Å². The van der Waals surface area contributed by atoms with Crippen molar-refractivity contribution in [2.75, 3.05) is 4.90 Å². The van der Waals surface area contributed by atoms with Crippen LogP contribution in [-0.2, 0) is 32.0 Å². The molecule has 214 valence electrons. The number of nitrogens with zero attached hydrogens (tertiary/aromatic N) is 4. The predicted octanol–water partition coefficient (Wildman–Crippen LogP) is 2.61. The quantitative estimate of drug-likeness (QED) is 0.390. The summed E-state index contributed by atoms with van der Waals surface area (Å²) in [5.41, 5.74) is -2.40. The maximum atomic E-state index is 13.0. The number of H-pyrrole nitrogens is 1. The van der Waals surface area contributed by atoms with Crippen LogP contribution in [-0.4, -0.2) is 65.9 Å². The van der Waals surface area contributed by atoms with Gasteiger partial charge < -0.3 is 24.5 Å². The Morgan fingerprint density at radius 1 is 1.02 bits per heavy atom. The molecule has 14 nitrogen and oxygen atoms in total. The molecule has 0 aliphatic rings. The summed E-state index contributed by atoms with van der Waals surface area (Å²) in [7, 11) is 0. The molecule has 0 spiro atoms. The Hall–Kier alpha value is -4.75. The van der Waals surface area contributed by atoms with Crippen molar-refractivity contribution in [3.63, 3.8) is 0 Å². The Kier molecular flexibility index (Phi) is 8.61. The molecule has 2 aromatic heterocycles. The Balaban J connectivity index is 1.93. The van der Waals surface area contributed by atoms with Crippen LogP contribution in [0, 0.1) is 0 Å². The molecule has 0 fully saturated rings. The first-order valence-corrected chi connectivity index (χ1v) is 12.3. The molecule has 1 unspecified atom stereocenters. The molecule has 0 aliphatic carbocycles. The average molecular weight is 557 g/mol. The van der Waals surface area contributed by atoms with Crippen molar-refractivity contribution in [3.8, 4) is 0 Å². The molecule has 0 saturated carbocycles. The van der Waals surface area contributed by atoms with Gasteiger partial charge in [-0.05, 0) is 47.1 Å². The van der Waals surface area contributed by atoms with Gasteiger partial charge in [-0.2, -0.15) is 4.98 Å². The molecule has 2 heterocycles. The molecule has 0 bridgehead atoms. The summed E-state index contributed by atoms with van der Waals surface area (Å²) >= 11 is 0. The van der Waals surface area contributed by atoms with Crippen molar-refractivity contribution in [2.24, 2.45) is 0 Å². The summed E-state index contributed by atoms with van der Waals surface area (Å²) in [4.78, 5) is 74.2. The smallest absolute Gasteiger partial charge is 0.427 e. The molecule has 1 aromatic carbocycles. The number of imidazole rings is 1. The minimum absolute atomic E-state index is 0.0510. The fourth-order valence-corrected chi connectivity index (χ4v) is 3.47. The molecule has 0 saturated heterocycles. The molecular formula is C26H32N6O8. The molecule has 40 heavy (non-hydrogen) atoms. The zero-order valence-electron chi connectivity index (χ0n) is 23.0. The molecular weight excluding hydrogens is 524 g/mol. The third-order valence-electron chi connectivity index (χ3n) is 5.06. The lowest BCUT2D eigenvalue weighted by molar-refractivity contribution is -0.141. The number of carbonyl (C=O) groups excluding carboxylic acids is 3. The fourth-order valence-electron chi connectivity index (χ4n) is 3.47. The summed E-state index contributed by atoms with van der Waals surface area (Å²) < 4.78 is 11.8. The van der Waals surface area contributed by atoms with Gasteiger partial charge >= 0.3 is 18.2 Å². The van der Waals surface area contributed by atoms with Crippen LogP contribution >= 0.6 is 0 Å². The number of imide groups is 1. The van der Waals surface area contributed by atoms with E-state index in [0.717, 1.165) is 6.33 Å². The maximum Gasteiger partial charge on any atom is 0.427 e. The number of nitrogens with one attached hydrogen (secondary N) is 2. The van der Waals surface area contributed by atoms with Crippen molar-refractivity contribution >= 4 is 41.2 Å². The number of rotatable bonds is 7. The summed E-state index contributed by atoms with van der Waals surface area (Å²) in [6, 6.07) is 7.57. The molecule has 3 N–H and O–H groups in total. The number of carbonyl (C=O) groups is 4. The van der Waals surface area contributed by atoms with Gasteiger partial charge in [0.25, 0.3) is 5.56 Å². The Morgan fingerprint density at radius 3 is 2.12 bits per heavy atom. The number of carboxylic acids is 1. The second kappa shape index (κ2) is 11.6. The zero-order chi connectivity index (χ0) is 29.8. The van der Waals surface area contributed by atoms with Gasteiger partial charge in [0.1, 0.15) is 23.8 Å². The van der Waals surface area contributed by atoms with Crippen molar-refractivity contribution < 1.29 is 33.8 Å². The van der Waals surface area contributed by atoms with E-state index >= 15 is 0 Å². The number of aliphatic carboxylic acids is 1. The van der Waals surface area contributed by atoms with E-state index in [2.05, 4.69) is 20.3 Å². The van der Waals surface area contributed by atoms with Gasteiger partial charge in [-0.15, -0.1) is 4.90 Å². The minimum atomic E-state index is -1.23. The largest absolute Gasteiger partial charge is 0.480 e. The first kappa shape index (κ1) is 29.8. The van der Waals surface area contributed by atoms with Crippen molar-refractivity contribution in [3.05, 3.63) is 52.6 Å². The number of hydrogen-bond acceptors (Lipinski definition) is 9. The Bertz CT molecular complexity index is 1440. The van der Waals surface area contributed by atoms with Crippen molar-refractivity contribution in [1.82, 2.24) is 24.8 Å². The average Bonchev–Trinajstić information content (AvgIpc) is 3.20. The van der Waals surface area contributed by atoms with E-state index in [1.165, 1.54) is 4.57 Å². The number of ether oxygens (including phenoxy) is 2. The van der Waals surface area contributed by atoms with Crippen LogP contribution in [0.15, 0.2) is 41.5 Å². The van der Waals surface area contributed by atoms with E-state index in [-0.39, 0.29) is 17.6 Å². The van der Waals surface area contributed by atoms with E-state index < -0.39 is 59.4 Å². The lowest BCUT2D eigenvalue weighted by atomic mass is 10.1. The number of anilines is 1. The summed E-state index contributed by atoms with van der Waals surface area (Å²) in [6.07, 6.45) is -1.10. The number of aromatic amines is 1. The fraction of sp³-hybridized carbons (Fsp3) is 0.423. The van der Waals surface area contributed by atoms with Gasteiger partial charge in [0.15, 0.2) is 11.2 Å². The van der Waals surface area contributed by atoms with Crippen LogP contribution in [0.3, 0.4) is 0 Å². The normalized spacial score (nSPS) is 12.4. The van der Waals surface area contributed by atoms with Crippen LogP contribution in [0.2, 0.25) is 0 Å². The molecule has 14 heteroatoms. The maximum absolute atomic E-state index is 13.0. The first-order valence-electron chi connectivity index (χ1n) is 12.3. The van der Waals surface area contributed by atoms with Crippen LogP contribution in [0.4, 0.5) is 15.5 Å². The van der Waals surface area contributed by atoms with Gasteiger partial charge in [-0.25, -0.2) is 19.4 Å². The summed E-state index contributed by atoms with van der Waals surface area (Å²) in [6.45, 7) is 9.09. The minimum Gasteiger partial charge on any atom is -0.480 e. The van der Waals surface area contributed by atoms with Crippen LogP contribution in [0.25, 0.3) is 11.2 Å².